The van der Waals surface area contributed by atoms with E-state index in [4.69, 9.17) is 30.3 Å². The summed E-state index contributed by atoms with van der Waals surface area (Å²) in [6.45, 7) is 2.42. The number of carbonyl (C=O) groups excluding carboxylic acids is 1. The third-order valence-electron chi connectivity index (χ3n) is 7.71. The van der Waals surface area contributed by atoms with Crippen molar-refractivity contribution in [1.29, 1.82) is 0 Å². The number of hydrogen-bond acceptors (Lipinski definition) is 14. The Balaban J connectivity index is 1.29. The first-order valence-electron chi connectivity index (χ1n) is 14.9. The highest BCUT2D eigenvalue weighted by atomic mass is 32.9. The van der Waals surface area contributed by atoms with E-state index in [9.17, 15) is 34.2 Å². The summed E-state index contributed by atoms with van der Waals surface area (Å²) in [6, 6.07) is 8.82. The molecule has 3 aromatic rings. The van der Waals surface area contributed by atoms with Crippen LogP contribution in [0, 0.1) is 13.8 Å². The molecule has 19 heteroatoms. The van der Waals surface area contributed by atoms with E-state index in [0.29, 0.717) is 28.2 Å². The van der Waals surface area contributed by atoms with Crippen molar-refractivity contribution in [3.8, 4) is 0 Å². The molecule has 2 aromatic heterocycles. The number of thioether (sulfide) groups is 1. The van der Waals surface area contributed by atoms with Crippen LogP contribution in [-0.2, 0) is 30.3 Å². The molecule has 4 heterocycles. The van der Waals surface area contributed by atoms with Gasteiger partial charge < -0.3 is 28.7 Å². The van der Waals surface area contributed by atoms with Crippen molar-refractivity contribution in [3.05, 3.63) is 101 Å². The van der Waals surface area contributed by atoms with E-state index in [1.165, 1.54) is 32.9 Å². The van der Waals surface area contributed by atoms with E-state index >= 15 is 0 Å². The monoisotopic (exact) mass is 742 g/mol. The fourth-order valence-electron chi connectivity index (χ4n) is 5.15. The Kier molecular flexibility index (Phi) is 12.2. The highest BCUT2D eigenvalue weighted by Crippen LogP contribution is 2.63. The summed E-state index contributed by atoms with van der Waals surface area (Å²) in [5.41, 5.74) is -4.57. The number of benzene rings is 1. The Morgan fingerprint density at radius 1 is 0.958 bits per heavy atom. The Labute approximate surface area is 286 Å². The fraction of sp³-hybridized carbons (Fsp3) is 0.483. The number of hydrogen-bond donors (Lipinski definition) is 4. The molecule has 5 rings (SSSR count). The van der Waals surface area contributed by atoms with Crippen LogP contribution in [0.1, 0.15) is 46.8 Å². The van der Waals surface area contributed by atoms with Gasteiger partial charge in [-0.25, -0.2) is 9.59 Å². The number of carbonyl (C=O) groups is 1. The van der Waals surface area contributed by atoms with Crippen molar-refractivity contribution >= 4 is 45.8 Å². The molecule has 2 aliphatic heterocycles. The summed E-state index contributed by atoms with van der Waals surface area (Å²) >= 11 is 8.22. The zero-order chi connectivity index (χ0) is 34.6. The van der Waals surface area contributed by atoms with Crippen LogP contribution in [0.4, 0.5) is 0 Å². The van der Waals surface area contributed by atoms with E-state index in [1.54, 1.807) is 38.1 Å². The van der Waals surface area contributed by atoms with Crippen molar-refractivity contribution < 1.29 is 33.5 Å². The van der Waals surface area contributed by atoms with Crippen LogP contribution in [0.15, 0.2) is 61.9 Å². The van der Waals surface area contributed by atoms with Crippen molar-refractivity contribution in [3.63, 3.8) is 0 Å². The number of H-pyrrole nitrogens is 2. The predicted molar refractivity (Wildman–Crippen MR) is 183 cm³/mol. The molecule has 7 unspecified atom stereocenters. The van der Waals surface area contributed by atoms with Crippen LogP contribution in [0.3, 0.4) is 0 Å². The number of nitrogens with zero attached hydrogens (tertiary/aromatic N) is 2. The molecule has 1 aromatic carbocycles. The van der Waals surface area contributed by atoms with Gasteiger partial charge in [0.2, 0.25) is 10.8 Å². The minimum absolute atomic E-state index is 0.0482. The molecule has 0 bridgehead atoms. The SMILES string of the molecule is Cc1cn(C2CC(O)C(COP(=S)(OC3CC(n4cc(C)c(=O)[nH]c4=O)OC3CO)SCCSC(=O)c3ccccc3)O2)c(=O)[nH]c1=O. The second-order valence-electron chi connectivity index (χ2n) is 11.2. The second kappa shape index (κ2) is 15.9. The normalized spacial score (nSPS) is 25.2. The molecule has 7 atom stereocenters. The average Bonchev–Trinajstić information content (AvgIpc) is 3.64. The molecule has 15 nitrogen and oxygen atoms in total. The van der Waals surface area contributed by atoms with Crippen molar-refractivity contribution in [2.75, 3.05) is 24.7 Å². The summed E-state index contributed by atoms with van der Waals surface area (Å²) < 4.78 is 26.8. The number of aromatic nitrogens is 4. The lowest BCUT2D eigenvalue weighted by Gasteiger charge is -2.28. The van der Waals surface area contributed by atoms with E-state index in [-0.39, 0.29) is 24.6 Å². The maximum absolute atomic E-state index is 12.6. The van der Waals surface area contributed by atoms with E-state index in [2.05, 4.69) is 9.97 Å². The number of aliphatic hydroxyl groups excluding tert-OH is 2. The third-order valence-corrected chi connectivity index (χ3v) is 14.2. The molecule has 0 saturated carbocycles. The van der Waals surface area contributed by atoms with Gasteiger partial charge in [-0.05, 0) is 25.7 Å². The Morgan fingerprint density at radius 3 is 2.15 bits per heavy atom. The summed E-state index contributed by atoms with van der Waals surface area (Å²) in [5.74, 6) is 0.727. The number of aromatic amines is 2. The maximum Gasteiger partial charge on any atom is 0.330 e. The van der Waals surface area contributed by atoms with Crippen molar-refractivity contribution in [2.45, 2.75) is 63.6 Å². The topological polar surface area (TPSA) is 204 Å². The van der Waals surface area contributed by atoms with Gasteiger partial charge in [-0.2, -0.15) is 0 Å². The third kappa shape index (κ3) is 8.74. The van der Waals surface area contributed by atoms with Gasteiger partial charge in [0.15, 0.2) is 0 Å². The number of aryl methyl sites for hydroxylation is 2. The smallest absolute Gasteiger partial charge is 0.330 e. The minimum Gasteiger partial charge on any atom is -0.394 e. The van der Waals surface area contributed by atoms with Crippen molar-refractivity contribution in [1.82, 2.24) is 19.1 Å². The zero-order valence-electron chi connectivity index (χ0n) is 25.9. The Morgan fingerprint density at radius 2 is 1.54 bits per heavy atom. The Hall–Kier alpha value is -2.64. The van der Waals surface area contributed by atoms with Gasteiger partial charge >= 0.3 is 11.4 Å². The molecule has 0 aliphatic carbocycles. The summed E-state index contributed by atoms with van der Waals surface area (Å²) in [6.07, 6.45) is -2.52. The second-order valence-corrected chi connectivity index (χ2v) is 18.6. The predicted octanol–water partition coefficient (Wildman–Crippen LogP) is 1.56. The first kappa shape index (κ1) is 36.6. The quantitative estimate of drug-likeness (QED) is 0.145. The van der Waals surface area contributed by atoms with Gasteiger partial charge in [-0.1, -0.05) is 53.5 Å². The molecule has 2 saturated heterocycles. The van der Waals surface area contributed by atoms with Crippen LogP contribution < -0.4 is 22.5 Å². The van der Waals surface area contributed by atoms with Crippen LogP contribution >= 0.6 is 28.8 Å². The maximum atomic E-state index is 12.6. The van der Waals surface area contributed by atoms with E-state index in [0.717, 1.165) is 11.8 Å². The molecular formula is C29H35N4O11PS3. The molecule has 48 heavy (non-hydrogen) atoms. The lowest BCUT2D eigenvalue weighted by atomic mass is 10.2. The molecule has 0 spiro atoms. The van der Waals surface area contributed by atoms with Gasteiger partial charge in [0.05, 0.1) is 25.4 Å². The van der Waals surface area contributed by atoms with Crippen LogP contribution in [-0.4, -0.2) is 83.6 Å². The van der Waals surface area contributed by atoms with E-state index in [1.807, 2.05) is 6.07 Å². The molecule has 4 N–H and O–H groups in total. The first-order valence-corrected chi connectivity index (χ1v) is 20.1. The van der Waals surface area contributed by atoms with Gasteiger partial charge in [-0.3, -0.25) is 33.5 Å². The molecule has 2 aliphatic rings. The van der Waals surface area contributed by atoms with E-state index < -0.39 is 71.7 Å². The van der Waals surface area contributed by atoms with Crippen LogP contribution in [0.25, 0.3) is 0 Å². The molecule has 2 fully saturated rings. The summed E-state index contributed by atoms with van der Waals surface area (Å²) in [4.78, 5) is 65.7. The average molecular weight is 743 g/mol. The zero-order valence-corrected chi connectivity index (χ0v) is 29.2. The summed E-state index contributed by atoms with van der Waals surface area (Å²) in [5, 5.41) is 20.8. The van der Waals surface area contributed by atoms with Gasteiger partial charge in [0.1, 0.15) is 24.7 Å². The number of rotatable bonds is 13. The van der Waals surface area contributed by atoms with Crippen molar-refractivity contribution in [2.24, 2.45) is 0 Å². The summed E-state index contributed by atoms with van der Waals surface area (Å²) in [7, 11) is 0. The Bertz CT molecular complexity index is 1900. The standard InChI is InChI=1S/C29H35N4O11PS3/c1-16-12-32(28(39)30-25(16)36)23-10-19(35)22(43-23)15-41-45(46,48-9-8-47-27(38)18-6-4-3-5-7-18)44-20-11-24(42-21(20)14-34)33-13-17(2)26(37)31-29(33)40/h3-7,12-13,19-24,34-35H,8-11,14-15H2,1-2H3,(H,30,36,39)(H,31,37,40). The lowest BCUT2D eigenvalue weighted by molar-refractivity contribution is -0.0485. The molecular weight excluding hydrogens is 708 g/mol. The van der Waals surface area contributed by atoms with Gasteiger partial charge in [0, 0.05) is 53.4 Å². The lowest BCUT2D eigenvalue weighted by Crippen LogP contribution is -2.33. The number of ether oxygens (including phenoxy) is 2. The highest BCUT2D eigenvalue weighted by molar-refractivity contribution is 8.68. The first-order chi connectivity index (χ1) is 22.9. The molecule has 0 radical (unpaired) electrons. The van der Waals surface area contributed by atoms with Gasteiger partial charge in [0.25, 0.3) is 11.1 Å². The molecule has 0 amide bonds. The van der Waals surface area contributed by atoms with Crippen LogP contribution in [0.2, 0.25) is 0 Å². The number of aliphatic hydroxyl groups is 2. The fourth-order valence-corrected chi connectivity index (χ4v) is 11.0. The molecule has 260 valence electrons. The minimum atomic E-state index is -3.31. The number of nitrogens with one attached hydrogen (secondary N) is 2. The highest BCUT2D eigenvalue weighted by Gasteiger charge is 2.42. The van der Waals surface area contributed by atoms with Gasteiger partial charge in [-0.15, -0.1) is 0 Å². The van der Waals surface area contributed by atoms with Crippen LogP contribution in [0.5, 0.6) is 0 Å². The largest absolute Gasteiger partial charge is 0.394 e.